The van der Waals surface area contributed by atoms with Gasteiger partial charge in [-0.15, -0.1) is 0 Å². The van der Waals surface area contributed by atoms with Crippen molar-refractivity contribution < 1.29 is 23.8 Å². The first kappa shape index (κ1) is 22.8. The van der Waals surface area contributed by atoms with E-state index in [4.69, 9.17) is 13.9 Å². The molecule has 32 heavy (non-hydrogen) atoms. The Bertz CT molecular complexity index is 1050. The number of benzene rings is 1. The molecule has 4 rings (SSSR count). The van der Waals surface area contributed by atoms with Crippen molar-refractivity contribution in [1.29, 1.82) is 0 Å². The summed E-state index contributed by atoms with van der Waals surface area (Å²) in [4.78, 5) is 23.3. The van der Waals surface area contributed by atoms with Crippen LogP contribution in [0.5, 0.6) is 5.75 Å². The van der Waals surface area contributed by atoms with Crippen LogP contribution in [0.1, 0.15) is 53.9 Å². The van der Waals surface area contributed by atoms with Crippen LogP contribution >= 0.6 is 0 Å². The van der Waals surface area contributed by atoms with Gasteiger partial charge in [-0.25, -0.2) is 4.79 Å². The number of hydrogen-bond acceptors (Lipinski definition) is 6. The van der Waals surface area contributed by atoms with Gasteiger partial charge >= 0.3 is 11.6 Å². The molecule has 0 radical (unpaired) electrons. The monoisotopic (exact) mass is 442 g/mol. The summed E-state index contributed by atoms with van der Waals surface area (Å²) in [5.74, 6) is 1.17. The second kappa shape index (κ2) is 8.22. The average Bonchev–Trinajstić information content (AvgIpc) is 2.69. The van der Waals surface area contributed by atoms with Gasteiger partial charge in [0.15, 0.2) is 0 Å². The van der Waals surface area contributed by atoms with Crippen LogP contribution in [0.15, 0.2) is 39.5 Å². The molecule has 1 heterocycles. The number of aliphatic hydroxyl groups is 1. The molecule has 2 aromatic rings. The van der Waals surface area contributed by atoms with Crippen molar-refractivity contribution in [2.75, 3.05) is 6.61 Å². The van der Waals surface area contributed by atoms with E-state index < -0.39 is 11.2 Å². The molecule has 2 aliphatic carbocycles. The molecule has 0 saturated heterocycles. The van der Waals surface area contributed by atoms with Gasteiger partial charge in [0.05, 0.1) is 12.2 Å². The first-order chi connectivity index (χ1) is 15.0. The molecule has 2 saturated carbocycles. The number of ether oxygens (including phenoxy) is 2. The molecular weight excluding hydrogens is 408 g/mol. The average molecular weight is 443 g/mol. The van der Waals surface area contributed by atoms with Crippen LogP contribution in [-0.2, 0) is 9.53 Å². The molecule has 2 aliphatic rings. The van der Waals surface area contributed by atoms with Crippen molar-refractivity contribution in [2.24, 2.45) is 29.1 Å². The molecule has 6 heteroatoms. The van der Waals surface area contributed by atoms with E-state index >= 15 is 0 Å². The third-order valence-electron chi connectivity index (χ3n) is 8.05. The van der Waals surface area contributed by atoms with Gasteiger partial charge in [-0.3, -0.25) is 4.79 Å². The van der Waals surface area contributed by atoms with Gasteiger partial charge in [0.1, 0.15) is 17.4 Å². The summed E-state index contributed by atoms with van der Waals surface area (Å²) in [5.41, 5.74) is -0.930. The zero-order valence-corrected chi connectivity index (χ0v) is 19.6. The van der Waals surface area contributed by atoms with E-state index in [1.165, 1.54) is 13.0 Å². The molecule has 1 aromatic carbocycles. The molecule has 6 nitrogen and oxygen atoms in total. The van der Waals surface area contributed by atoms with Crippen molar-refractivity contribution in [2.45, 2.75) is 65.6 Å². The fraction of sp³-hybridized carbons (Fsp3) is 0.615. The fourth-order valence-corrected chi connectivity index (χ4v) is 6.23. The molecule has 1 aromatic heterocycles. The zero-order chi connectivity index (χ0) is 23.3. The molecule has 0 bridgehead atoms. The van der Waals surface area contributed by atoms with E-state index in [9.17, 15) is 14.7 Å². The fourth-order valence-electron chi connectivity index (χ4n) is 6.23. The summed E-state index contributed by atoms with van der Waals surface area (Å²) in [6.07, 6.45) is 2.23. The zero-order valence-electron chi connectivity index (χ0n) is 19.6. The van der Waals surface area contributed by atoms with Crippen LogP contribution in [0.4, 0.5) is 0 Å². The Morgan fingerprint density at radius 3 is 2.66 bits per heavy atom. The number of carbonyl (C=O) groups is 1. The SMILES string of the molecule is CC(=O)OC1C[C@H](C)C2C(COc3ccc4ccc(=O)oc4c3)C(C)(O)CCC2C1(C)C. The van der Waals surface area contributed by atoms with Gasteiger partial charge in [0.2, 0.25) is 0 Å². The molecule has 6 atom stereocenters. The van der Waals surface area contributed by atoms with E-state index in [1.54, 1.807) is 12.1 Å². The number of carbonyl (C=O) groups excluding carboxylic acids is 1. The minimum absolute atomic E-state index is 0.0627. The number of fused-ring (bicyclic) bond motifs is 2. The van der Waals surface area contributed by atoms with Crippen molar-refractivity contribution in [3.05, 3.63) is 40.8 Å². The maximum absolute atomic E-state index is 11.7. The molecule has 0 amide bonds. The molecule has 1 N–H and O–H groups in total. The lowest BCUT2D eigenvalue weighted by Crippen LogP contribution is -2.59. The van der Waals surface area contributed by atoms with Crippen LogP contribution in [0.25, 0.3) is 11.0 Å². The lowest BCUT2D eigenvalue weighted by Gasteiger charge is -2.58. The Morgan fingerprint density at radius 1 is 1.22 bits per heavy atom. The first-order valence-corrected chi connectivity index (χ1v) is 11.6. The van der Waals surface area contributed by atoms with Gasteiger partial charge in [-0.2, -0.15) is 0 Å². The Morgan fingerprint density at radius 2 is 1.94 bits per heavy atom. The predicted octanol–water partition coefficient (Wildman–Crippen LogP) is 4.56. The van der Waals surface area contributed by atoms with Gasteiger partial charge in [0, 0.05) is 35.8 Å². The number of esters is 1. The molecule has 0 spiro atoms. The van der Waals surface area contributed by atoms with Gasteiger partial charge < -0.3 is 19.0 Å². The van der Waals surface area contributed by atoms with Crippen molar-refractivity contribution >= 4 is 16.9 Å². The quantitative estimate of drug-likeness (QED) is 0.552. The summed E-state index contributed by atoms with van der Waals surface area (Å²) in [6.45, 7) is 10.3. The maximum Gasteiger partial charge on any atom is 0.336 e. The molecule has 2 fully saturated rings. The highest BCUT2D eigenvalue weighted by Crippen LogP contribution is 2.57. The standard InChI is InChI=1S/C26H34O6/c1-15-12-22(31-16(2)27)25(3,4)19-10-11-26(5,29)20(24(15)19)14-30-18-8-6-17-7-9-23(28)32-21(17)13-18/h6-9,13,15,19-20,22,24,29H,10-12,14H2,1-5H3/t15-,19?,20?,22?,24?,26?/m0/s1. The third-order valence-corrected chi connectivity index (χ3v) is 8.05. The largest absolute Gasteiger partial charge is 0.493 e. The molecular formula is C26H34O6. The minimum Gasteiger partial charge on any atom is -0.493 e. The topological polar surface area (TPSA) is 86.0 Å². The van der Waals surface area contributed by atoms with Crippen molar-refractivity contribution in [3.63, 3.8) is 0 Å². The predicted molar refractivity (Wildman–Crippen MR) is 121 cm³/mol. The van der Waals surface area contributed by atoms with Gasteiger partial charge in [-0.1, -0.05) is 20.8 Å². The third kappa shape index (κ3) is 4.17. The van der Waals surface area contributed by atoms with Crippen molar-refractivity contribution in [3.8, 4) is 5.75 Å². The Balaban J connectivity index is 1.58. The molecule has 174 valence electrons. The van der Waals surface area contributed by atoms with Crippen LogP contribution in [0.3, 0.4) is 0 Å². The Kier molecular flexibility index (Phi) is 5.86. The Hall–Kier alpha value is -2.34. The molecule has 0 aliphatic heterocycles. The highest BCUT2D eigenvalue weighted by molar-refractivity contribution is 5.77. The minimum atomic E-state index is -0.844. The van der Waals surface area contributed by atoms with E-state index in [-0.39, 0.29) is 35.2 Å². The summed E-state index contributed by atoms with van der Waals surface area (Å²) in [5, 5.41) is 12.2. The van der Waals surface area contributed by atoms with E-state index in [0.29, 0.717) is 30.3 Å². The summed E-state index contributed by atoms with van der Waals surface area (Å²) in [6, 6.07) is 8.59. The summed E-state index contributed by atoms with van der Waals surface area (Å²) in [7, 11) is 0. The lowest BCUT2D eigenvalue weighted by molar-refractivity contribution is -0.192. The van der Waals surface area contributed by atoms with Crippen LogP contribution in [0.2, 0.25) is 0 Å². The van der Waals surface area contributed by atoms with Crippen LogP contribution in [-0.4, -0.2) is 29.4 Å². The van der Waals surface area contributed by atoms with Crippen LogP contribution < -0.4 is 10.4 Å². The van der Waals surface area contributed by atoms with E-state index in [2.05, 4.69) is 20.8 Å². The second-order valence-electron chi connectivity index (χ2n) is 10.6. The second-order valence-corrected chi connectivity index (χ2v) is 10.6. The smallest absolute Gasteiger partial charge is 0.336 e. The summed E-state index contributed by atoms with van der Waals surface area (Å²) >= 11 is 0. The van der Waals surface area contributed by atoms with Crippen molar-refractivity contribution in [1.82, 2.24) is 0 Å². The highest BCUT2D eigenvalue weighted by Gasteiger charge is 2.57. The van der Waals surface area contributed by atoms with Gasteiger partial charge in [-0.05, 0) is 62.1 Å². The Labute approximate surface area is 188 Å². The van der Waals surface area contributed by atoms with E-state index in [1.807, 2.05) is 19.1 Å². The highest BCUT2D eigenvalue weighted by atomic mass is 16.5. The lowest BCUT2D eigenvalue weighted by atomic mass is 9.49. The van der Waals surface area contributed by atoms with E-state index in [0.717, 1.165) is 18.2 Å². The number of rotatable bonds is 4. The first-order valence-electron chi connectivity index (χ1n) is 11.6. The molecule has 5 unspecified atom stereocenters. The van der Waals surface area contributed by atoms with Gasteiger partial charge in [0.25, 0.3) is 0 Å². The van der Waals surface area contributed by atoms with Crippen LogP contribution in [0, 0.1) is 29.1 Å². The summed E-state index contributed by atoms with van der Waals surface area (Å²) < 4.78 is 17.2. The normalized spacial score (nSPS) is 34.0. The number of hydrogen-bond donors (Lipinski definition) is 1. The maximum atomic E-state index is 11.7.